The Bertz CT molecular complexity index is 557. The van der Waals surface area contributed by atoms with E-state index in [4.69, 9.17) is 9.90 Å². The molecule has 0 aliphatic heterocycles. The molecule has 1 heterocycles. The molecule has 0 aliphatic rings. The predicted molar refractivity (Wildman–Crippen MR) is 72.5 cm³/mol. The summed E-state index contributed by atoms with van der Waals surface area (Å²) in [5.41, 5.74) is 4.36. The SMILES string of the molecule is COC(=O)c1ccc(C(=O)NCCCC[NH3+])[nH]1.O=C([O-])C(F)(F)F. The molecular weight excluding hydrogens is 335 g/mol. The molecule has 0 aliphatic carbocycles. The number of rotatable bonds is 6. The molecule has 8 nitrogen and oxygen atoms in total. The van der Waals surface area contributed by atoms with Gasteiger partial charge in [0.15, 0.2) is 0 Å². The van der Waals surface area contributed by atoms with Crippen LogP contribution in [0.3, 0.4) is 0 Å². The highest BCUT2D eigenvalue weighted by Crippen LogP contribution is 2.11. The van der Waals surface area contributed by atoms with Crippen LogP contribution in [0, 0.1) is 0 Å². The minimum Gasteiger partial charge on any atom is -0.542 e. The van der Waals surface area contributed by atoms with Crippen LogP contribution in [0.4, 0.5) is 13.2 Å². The summed E-state index contributed by atoms with van der Waals surface area (Å²) >= 11 is 0. The van der Waals surface area contributed by atoms with Gasteiger partial charge in [0.25, 0.3) is 5.91 Å². The smallest absolute Gasteiger partial charge is 0.430 e. The molecule has 0 bridgehead atoms. The zero-order valence-electron chi connectivity index (χ0n) is 12.9. The summed E-state index contributed by atoms with van der Waals surface area (Å²) in [7, 11) is 1.29. The number of halogens is 3. The molecule has 0 radical (unpaired) electrons. The molecule has 0 spiro atoms. The monoisotopic (exact) mass is 353 g/mol. The van der Waals surface area contributed by atoms with Gasteiger partial charge in [-0.25, -0.2) is 4.79 Å². The zero-order valence-corrected chi connectivity index (χ0v) is 12.9. The molecular formula is C13H18F3N3O5. The lowest BCUT2D eigenvalue weighted by molar-refractivity contribution is -0.368. The number of alkyl halides is 3. The fourth-order valence-electron chi connectivity index (χ4n) is 1.36. The average molecular weight is 353 g/mol. The van der Waals surface area contributed by atoms with Gasteiger partial charge in [0, 0.05) is 6.54 Å². The van der Waals surface area contributed by atoms with E-state index in [1.54, 1.807) is 6.07 Å². The van der Waals surface area contributed by atoms with Crippen molar-refractivity contribution in [1.29, 1.82) is 0 Å². The Balaban J connectivity index is 0.000000640. The molecule has 0 saturated heterocycles. The van der Waals surface area contributed by atoms with Gasteiger partial charge in [-0.05, 0) is 25.0 Å². The van der Waals surface area contributed by atoms with E-state index >= 15 is 0 Å². The van der Waals surface area contributed by atoms with Gasteiger partial charge in [0.1, 0.15) is 17.4 Å². The topological polar surface area (TPSA) is 139 Å². The number of aromatic amines is 1. The second kappa shape index (κ2) is 10.3. The number of carbonyl (C=O) groups is 3. The first-order valence-corrected chi connectivity index (χ1v) is 6.76. The van der Waals surface area contributed by atoms with Crippen molar-refractivity contribution < 1.29 is 43.1 Å². The number of aromatic nitrogens is 1. The van der Waals surface area contributed by atoms with Crippen LogP contribution in [0.1, 0.15) is 33.8 Å². The Hall–Kier alpha value is -2.56. The van der Waals surface area contributed by atoms with Crippen molar-refractivity contribution in [3.63, 3.8) is 0 Å². The van der Waals surface area contributed by atoms with E-state index in [9.17, 15) is 22.8 Å². The number of nitrogens with one attached hydrogen (secondary N) is 2. The van der Waals surface area contributed by atoms with Gasteiger partial charge in [-0.15, -0.1) is 0 Å². The van der Waals surface area contributed by atoms with Crippen molar-refractivity contribution in [3.8, 4) is 0 Å². The largest absolute Gasteiger partial charge is 0.542 e. The third kappa shape index (κ3) is 8.17. The fraction of sp³-hybridized carbons (Fsp3) is 0.462. The van der Waals surface area contributed by atoms with Crippen molar-refractivity contribution in [2.45, 2.75) is 19.0 Å². The normalized spacial score (nSPS) is 10.4. The number of aliphatic carboxylic acids is 1. The van der Waals surface area contributed by atoms with Crippen LogP contribution in [-0.4, -0.2) is 49.2 Å². The number of quaternary nitrogens is 1. The van der Waals surface area contributed by atoms with E-state index in [0.29, 0.717) is 12.2 Å². The van der Waals surface area contributed by atoms with Gasteiger partial charge in [-0.1, -0.05) is 0 Å². The number of H-pyrrole nitrogens is 1. The van der Waals surface area contributed by atoms with Crippen molar-refractivity contribution in [2.24, 2.45) is 0 Å². The highest BCUT2D eigenvalue weighted by Gasteiger charge is 2.28. The van der Waals surface area contributed by atoms with Crippen LogP contribution >= 0.6 is 0 Å². The second-order valence-electron chi connectivity index (χ2n) is 4.38. The molecule has 0 atom stereocenters. The molecule has 0 aromatic carbocycles. The molecule has 5 N–H and O–H groups in total. The first-order valence-electron chi connectivity index (χ1n) is 6.76. The molecule has 1 amide bonds. The number of ether oxygens (including phenoxy) is 1. The van der Waals surface area contributed by atoms with Crippen LogP contribution in [-0.2, 0) is 9.53 Å². The third-order valence-electron chi connectivity index (χ3n) is 2.53. The molecule has 11 heteroatoms. The molecule has 0 saturated carbocycles. The Morgan fingerprint density at radius 3 is 2.25 bits per heavy atom. The van der Waals surface area contributed by atoms with E-state index in [0.717, 1.165) is 19.4 Å². The lowest BCUT2D eigenvalue weighted by Crippen LogP contribution is -2.50. The average Bonchev–Trinajstić information content (AvgIpc) is 3.00. The minimum absolute atomic E-state index is 0.218. The third-order valence-corrected chi connectivity index (χ3v) is 2.53. The maximum atomic E-state index is 11.6. The number of hydrogen-bond donors (Lipinski definition) is 3. The lowest BCUT2D eigenvalue weighted by Gasteiger charge is -2.03. The summed E-state index contributed by atoms with van der Waals surface area (Å²) in [4.78, 5) is 34.3. The fourth-order valence-corrected chi connectivity index (χ4v) is 1.36. The molecule has 1 rings (SSSR count). The van der Waals surface area contributed by atoms with Crippen molar-refractivity contribution in [1.82, 2.24) is 10.3 Å². The van der Waals surface area contributed by atoms with Crippen LogP contribution < -0.4 is 16.2 Å². The highest BCUT2D eigenvalue weighted by atomic mass is 19.4. The molecule has 0 unspecified atom stereocenters. The van der Waals surface area contributed by atoms with E-state index in [2.05, 4.69) is 20.8 Å². The summed E-state index contributed by atoms with van der Waals surface area (Å²) < 4.78 is 36.1. The van der Waals surface area contributed by atoms with E-state index in [1.807, 2.05) is 0 Å². The Morgan fingerprint density at radius 2 is 1.79 bits per heavy atom. The number of carboxylic acid groups (broad SMARTS) is 1. The van der Waals surface area contributed by atoms with Crippen LogP contribution in [0.5, 0.6) is 0 Å². The number of hydrogen-bond acceptors (Lipinski definition) is 5. The number of unbranched alkanes of at least 4 members (excludes halogenated alkanes) is 1. The molecule has 24 heavy (non-hydrogen) atoms. The summed E-state index contributed by atoms with van der Waals surface area (Å²) in [6.07, 6.45) is -3.31. The summed E-state index contributed by atoms with van der Waals surface area (Å²) in [6, 6.07) is 3.08. The number of methoxy groups -OCH3 is 1. The highest BCUT2D eigenvalue weighted by molar-refractivity contribution is 5.95. The summed E-state index contributed by atoms with van der Waals surface area (Å²) in [5.74, 6) is -3.71. The minimum atomic E-state index is -5.19. The molecule has 0 fully saturated rings. The Labute approximate surface area is 135 Å². The number of amides is 1. The van der Waals surface area contributed by atoms with Gasteiger partial charge >= 0.3 is 12.1 Å². The van der Waals surface area contributed by atoms with Gasteiger partial charge in [0.2, 0.25) is 0 Å². The molecule has 1 aromatic heterocycles. The van der Waals surface area contributed by atoms with E-state index < -0.39 is 18.1 Å². The van der Waals surface area contributed by atoms with E-state index in [-0.39, 0.29) is 11.6 Å². The second-order valence-corrected chi connectivity index (χ2v) is 4.38. The maximum absolute atomic E-state index is 11.6. The number of carbonyl (C=O) groups excluding carboxylic acids is 3. The quantitative estimate of drug-likeness (QED) is 0.438. The van der Waals surface area contributed by atoms with Crippen molar-refractivity contribution in [3.05, 3.63) is 23.5 Å². The maximum Gasteiger partial charge on any atom is 0.430 e. The lowest BCUT2D eigenvalue weighted by atomic mass is 10.3. The van der Waals surface area contributed by atoms with Gasteiger partial charge in [0.05, 0.1) is 13.7 Å². The molecule has 1 aromatic rings. The van der Waals surface area contributed by atoms with Crippen LogP contribution in [0.2, 0.25) is 0 Å². The van der Waals surface area contributed by atoms with Gasteiger partial charge in [-0.3, -0.25) is 4.79 Å². The first-order chi connectivity index (χ1) is 11.1. The van der Waals surface area contributed by atoms with Crippen LogP contribution in [0.25, 0.3) is 0 Å². The van der Waals surface area contributed by atoms with Crippen molar-refractivity contribution >= 4 is 17.8 Å². The van der Waals surface area contributed by atoms with Crippen LogP contribution in [0.15, 0.2) is 12.1 Å². The van der Waals surface area contributed by atoms with Gasteiger partial charge in [-0.2, -0.15) is 13.2 Å². The van der Waals surface area contributed by atoms with Gasteiger partial charge < -0.3 is 30.7 Å². The Kier molecular flexibility index (Phi) is 9.16. The zero-order chi connectivity index (χ0) is 18.8. The molecule has 136 valence electrons. The number of esters is 1. The summed E-state index contributed by atoms with van der Waals surface area (Å²) in [5, 5.41) is 11.5. The van der Waals surface area contributed by atoms with E-state index in [1.165, 1.54) is 13.2 Å². The summed E-state index contributed by atoms with van der Waals surface area (Å²) in [6.45, 7) is 1.48. The van der Waals surface area contributed by atoms with Crippen molar-refractivity contribution in [2.75, 3.05) is 20.2 Å². The first kappa shape index (κ1) is 21.4. The Morgan fingerprint density at radius 1 is 1.25 bits per heavy atom. The number of carboxylic acids is 1. The predicted octanol–water partition coefficient (Wildman–Crippen LogP) is -1.15. The standard InChI is InChI=1S/C11H17N3O3.C2HF3O2/c1-17-11(16)9-5-4-8(14-9)10(15)13-7-3-2-6-12;3-2(4,5)1(6)7/h4-5,14H,2-3,6-7,12H2,1H3,(H,13,15);(H,6,7).